The molecule has 1 rings (SSSR count). The summed E-state index contributed by atoms with van der Waals surface area (Å²) < 4.78 is 4.58. The van der Waals surface area contributed by atoms with Gasteiger partial charge in [-0.1, -0.05) is 11.8 Å². The molecule has 0 fully saturated rings. The number of carbonyl (C=O) groups is 1. The molecule has 0 aliphatic carbocycles. The lowest BCUT2D eigenvalue weighted by atomic mass is 10.3. The van der Waals surface area contributed by atoms with E-state index in [1.54, 1.807) is 0 Å². The molecule has 0 atom stereocenters. The second kappa shape index (κ2) is 5.77. The first-order chi connectivity index (χ1) is 7.95. The minimum absolute atomic E-state index is 0.212. The number of rotatable bonds is 4. The fraction of sp³-hybridized carbons (Fsp3) is 0.455. The molecule has 5 nitrogen and oxygen atoms in total. The number of methoxy groups -OCH3 is 1. The van der Waals surface area contributed by atoms with Gasteiger partial charge in [-0.25, -0.2) is 4.98 Å². The first kappa shape index (κ1) is 13.6. The molecule has 17 heavy (non-hydrogen) atoms. The van der Waals surface area contributed by atoms with Crippen LogP contribution in [0.15, 0.2) is 11.1 Å². The summed E-state index contributed by atoms with van der Waals surface area (Å²) in [5.74, 6) is -0.0755. The summed E-state index contributed by atoms with van der Waals surface area (Å²) >= 11 is 1.29. The summed E-state index contributed by atoms with van der Waals surface area (Å²) in [6, 6.07) is 1.91. The van der Waals surface area contributed by atoms with Crippen LogP contribution in [0.3, 0.4) is 0 Å². The summed E-state index contributed by atoms with van der Waals surface area (Å²) in [6.45, 7) is 1.90. The van der Waals surface area contributed by atoms with Gasteiger partial charge < -0.3 is 15.4 Å². The Balaban J connectivity index is 2.95. The second-order valence-corrected chi connectivity index (χ2v) is 4.72. The van der Waals surface area contributed by atoms with Crippen molar-refractivity contribution >= 4 is 29.1 Å². The van der Waals surface area contributed by atoms with Crippen molar-refractivity contribution in [3.05, 3.63) is 11.8 Å². The number of hydrogen-bond acceptors (Lipinski definition) is 6. The van der Waals surface area contributed by atoms with Crippen molar-refractivity contribution in [3.63, 3.8) is 0 Å². The van der Waals surface area contributed by atoms with E-state index in [0.717, 1.165) is 11.4 Å². The van der Waals surface area contributed by atoms with E-state index in [1.807, 2.05) is 32.0 Å². The third-order valence-electron chi connectivity index (χ3n) is 2.17. The number of ether oxygens (including phenoxy) is 1. The monoisotopic (exact) mass is 255 g/mol. The molecule has 0 amide bonds. The lowest BCUT2D eigenvalue weighted by molar-refractivity contribution is -0.137. The Bertz CT molecular complexity index is 421. The number of pyridine rings is 1. The highest BCUT2D eigenvalue weighted by Crippen LogP contribution is 2.31. The Kier molecular flexibility index (Phi) is 4.62. The minimum Gasteiger partial charge on any atom is -0.468 e. The number of nitrogen functional groups attached to an aromatic ring is 1. The van der Waals surface area contributed by atoms with E-state index in [2.05, 4.69) is 9.72 Å². The summed E-state index contributed by atoms with van der Waals surface area (Å²) in [5, 5.41) is 0.666. The van der Waals surface area contributed by atoms with E-state index < -0.39 is 0 Å². The van der Waals surface area contributed by atoms with Crippen LogP contribution in [0.1, 0.15) is 5.69 Å². The van der Waals surface area contributed by atoms with Crippen molar-refractivity contribution in [3.8, 4) is 0 Å². The Morgan fingerprint density at radius 1 is 1.59 bits per heavy atom. The maximum Gasteiger partial charge on any atom is 0.316 e. The molecule has 0 aromatic carbocycles. The predicted octanol–water partition coefficient (Wildman–Crippen LogP) is 1.30. The lowest BCUT2D eigenvalue weighted by Gasteiger charge is -2.17. The van der Waals surface area contributed by atoms with E-state index in [-0.39, 0.29) is 11.7 Å². The van der Waals surface area contributed by atoms with Gasteiger partial charge in [0, 0.05) is 19.8 Å². The van der Waals surface area contributed by atoms with E-state index in [4.69, 9.17) is 5.73 Å². The topological polar surface area (TPSA) is 68.5 Å². The van der Waals surface area contributed by atoms with Crippen LogP contribution in [0.5, 0.6) is 0 Å². The van der Waals surface area contributed by atoms with E-state index in [0.29, 0.717) is 10.7 Å². The summed E-state index contributed by atoms with van der Waals surface area (Å²) in [6.07, 6.45) is 0. The van der Waals surface area contributed by atoms with E-state index in [9.17, 15) is 4.79 Å². The Hall–Kier alpha value is -1.43. The zero-order chi connectivity index (χ0) is 13.0. The van der Waals surface area contributed by atoms with E-state index >= 15 is 0 Å². The molecule has 1 heterocycles. The van der Waals surface area contributed by atoms with Crippen LogP contribution in [0, 0.1) is 6.92 Å². The number of carbonyl (C=O) groups excluding carboxylic acids is 1. The highest BCUT2D eigenvalue weighted by Gasteiger charge is 2.12. The fourth-order valence-electron chi connectivity index (χ4n) is 1.30. The van der Waals surface area contributed by atoms with E-state index in [1.165, 1.54) is 18.9 Å². The minimum atomic E-state index is -0.288. The van der Waals surface area contributed by atoms with Crippen LogP contribution in [0.4, 0.5) is 11.4 Å². The molecule has 1 aromatic rings. The summed E-state index contributed by atoms with van der Waals surface area (Å²) in [4.78, 5) is 17.3. The fourth-order valence-corrected chi connectivity index (χ4v) is 2.15. The average molecular weight is 255 g/mol. The van der Waals surface area contributed by atoms with Crippen LogP contribution in [0.2, 0.25) is 0 Å². The standard InChI is InChI=1S/C11H17N3O2S/c1-7-5-8(14(2)3)10(12)11(13-7)17-6-9(15)16-4/h5H,6,12H2,1-4H3. The van der Waals surface area contributed by atoms with Gasteiger partial charge in [0.05, 0.1) is 24.2 Å². The zero-order valence-electron chi connectivity index (χ0n) is 10.5. The third-order valence-corrected chi connectivity index (χ3v) is 3.13. The van der Waals surface area contributed by atoms with Gasteiger partial charge in [-0.05, 0) is 13.0 Å². The van der Waals surface area contributed by atoms with Crippen molar-refractivity contribution in [2.75, 3.05) is 37.6 Å². The van der Waals surface area contributed by atoms with Crippen molar-refractivity contribution in [1.82, 2.24) is 4.98 Å². The quantitative estimate of drug-likeness (QED) is 0.646. The molecule has 1 aromatic heterocycles. The van der Waals surface area contributed by atoms with Gasteiger partial charge in [0.1, 0.15) is 5.03 Å². The molecule has 0 radical (unpaired) electrons. The second-order valence-electron chi connectivity index (χ2n) is 3.76. The van der Waals surface area contributed by atoms with Crippen LogP contribution >= 0.6 is 11.8 Å². The van der Waals surface area contributed by atoms with Crippen LogP contribution < -0.4 is 10.6 Å². The molecule has 0 unspecified atom stereocenters. The smallest absolute Gasteiger partial charge is 0.316 e. The molecule has 0 aliphatic heterocycles. The number of esters is 1. The molecular formula is C11H17N3O2S. The van der Waals surface area contributed by atoms with Crippen molar-refractivity contribution in [1.29, 1.82) is 0 Å². The maximum atomic E-state index is 11.1. The number of nitrogens with zero attached hydrogens (tertiary/aromatic N) is 2. The number of nitrogens with two attached hydrogens (primary N) is 1. The molecule has 2 N–H and O–H groups in total. The maximum absolute atomic E-state index is 11.1. The molecule has 0 saturated carbocycles. The van der Waals surface area contributed by atoms with Gasteiger partial charge in [-0.2, -0.15) is 0 Å². The van der Waals surface area contributed by atoms with Crippen LogP contribution in [-0.4, -0.2) is 37.9 Å². The van der Waals surface area contributed by atoms with Crippen molar-refractivity contribution < 1.29 is 9.53 Å². The average Bonchev–Trinajstić information content (AvgIpc) is 2.28. The van der Waals surface area contributed by atoms with Gasteiger partial charge in [-0.15, -0.1) is 0 Å². The lowest BCUT2D eigenvalue weighted by Crippen LogP contribution is -2.13. The number of anilines is 2. The van der Waals surface area contributed by atoms with Gasteiger partial charge in [0.15, 0.2) is 0 Å². The predicted molar refractivity (Wildman–Crippen MR) is 70.5 cm³/mol. The van der Waals surface area contributed by atoms with Gasteiger partial charge in [0.2, 0.25) is 0 Å². The van der Waals surface area contributed by atoms with Crippen LogP contribution in [-0.2, 0) is 9.53 Å². The first-order valence-electron chi connectivity index (χ1n) is 5.09. The molecular weight excluding hydrogens is 238 g/mol. The Labute approximate surface area is 105 Å². The zero-order valence-corrected chi connectivity index (χ0v) is 11.3. The van der Waals surface area contributed by atoms with Gasteiger partial charge >= 0.3 is 5.97 Å². The molecule has 94 valence electrons. The molecule has 0 aliphatic rings. The van der Waals surface area contributed by atoms with Crippen molar-refractivity contribution in [2.24, 2.45) is 0 Å². The number of hydrogen-bond donors (Lipinski definition) is 1. The van der Waals surface area contributed by atoms with Crippen molar-refractivity contribution in [2.45, 2.75) is 11.9 Å². The largest absolute Gasteiger partial charge is 0.468 e. The highest BCUT2D eigenvalue weighted by atomic mass is 32.2. The molecule has 0 bridgehead atoms. The normalized spacial score (nSPS) is 10.1. The SMILES string of the molecule is COC(=O)CSc1nc(C)cc(N(C)C)c1N. The molecule has 0 spiro atoms. The first-order valence-corrected chi connectivity index (χ1v) is 6.08. The Morgan fingerprint density at radius 2 is 2.24 bits per heavy atom. The number of aryl methyl sites for hydroxylation is 1. The molecule has 0 saturated heterocycles. The number of thioether (sulfide) groups is 1. The van der Waals surface area contributed by atoms with Crippen LogP contribution in [0.25, 0.3) is 0 Å². The van der Waals surface area contributed by atoms with Gasteiger partial charge in [-0.3, -0.25) is 4.79 Å². The highest BCUT2D eigenvalue weighted by molar-refractivity contribution is 8.00. The third kappa shape index (κ3) is 3.52. The molecule has 6 heteroatoms. The summed E-state index contributed by atoms with van der Waals surface area (Å²) in [7, 11) is 5.20. The Morgan fingerprint density at radius 3 is 2.76 bits per heavy atom. The van der Waals surface area contributed by atoms with Gasteiger partial charge in [0.25, 0.3) is 0 Å². The number of aromatic nitrogens is 1. The summed E-state index contributed by atoms with van der Waals surface area (Å²) in [5.41, 5.74) is 8.37.